The van der Waals surface area contributed by atoms with Crippen LogP contribution in [0.25, 0.3) is 0 Å². The summed E-state index contributed by atoms with van der Waals surface area (Å²) in [5.74, 6) is -1.45. The van der Waals surface area contributed by atoms with Crippen LogP contribution in [-0.4, -0.2) is 49.8 Å². The van der Waals surface area contributed by atoms with Gasteiger partial charge >= 0.3 is 0 Å². The highest BCUT2D eigenvalue weighted by Crippen LogP contribution is 2.27. The Labute approximate surface area is 156 Å². The van der Waals surface area contributed by atoms with E-state index < -0.39 is 11.6 Å². The number of benzene rings is 2. The Hall–Kier alpha value is -2.12. The Morgan fingerprint density at radius 3 is 2.58 bits per heavy atom. The van der Waals surface area contributed by atoms with Crippen molar-refractivity contribution in [3.63, 3.8) is 0 Å². The Kier molecular flexibility index (Phi) is 6.11. The number of nitrogens with zero attached hydrogens (tertiary/aromatic N) is 2. The number of para-hydroxylation sites is 2. The summed E-state index contributed by atoms with van der Waals surface area (Å²) in [4.78, 5) is 17.1. The van der Waals surface area contributed by atoms with Crippen molar-refractivity contribution in [1.82, 2.24) is 4.90 Å². The van der Waals surface area contributed by atoms with Crippen LogP contribution in [0.2, 0.25) is 0 Å². The maximum absolute atomic E-state index is 13.7. The minimum absolute atomic E-state index is 0.0552. The van der Waals surface area contributed by atoms with Crippen LogP contribution in [0.3, 0.4) is 0 Å². The van der Waals surface area contributed by atoms with Crippen LogP contribution in [0, 0.1) is 11.6 Å². The lowest BCUT2D eigenvalue weighted by Crippen LogP contribution is -2.44. The lowest BCUT2D eigenvalue weighted by atomic mass is 10.2. The zero-order chi connectivity index (χ0) is 18.5. The molecule has 1 aliphatic rings. The third-order valence-electron chi connectivity index (χ3n) is 4.27. The smallest absolute Gasteiger partial charge is 0.234 e. The maximum Gasteiger partial charge on any atom is 0.234 e. The molecule has 138 valence electrons. The largest absolute Gasteiger partial charge is 0.367 e. The number of halogens is 2. The fraction of sp³-hybridized carbons (Fsp3) is 0.316. The number of nitrogens with one attached hydrogen (secondary N) is 1. The number of piperazine rings is 1. The zero-order valence-corrected chi connectivity index (χ0v) is 15.4. The molecule has 0 spiro atoms. The summed E-state index contributed by atoms with van der Waals surface area (Å²) in [7, 11) is 2.09. The average molecular weight is 377 g/mol. The van der Waals surface area contributed by atoms with Crippen molar-refractivity contribution in [2.45, 2.75) is 4.90 Å². The Bertz CT molecular complexity index is 779. The van der Waals surface area contributed by atoms with Gasteiger partial charge in [0.05, 0.1) is 17.1 Å². The molecule has 1 aliphatic heterocycles. The number of carbonyl (C=O) groups is 1. The molecular formula is C19H21F2N3OS. The molecule has 1 saturated heterocycles. The van der Waals surface area contributed by atoms with Gasteiger partial charge in [0.2, 0.25) is 5.91 Å². The summed E-state index contributed by atoms with van der Waals surface area (Å²) >= 11 is 1.05. The Balaban J connectivity index is 1.62. The monoisotopic (exact) mass is 377 g/mol. The topological polar surface area (TPSA) is 35.6 Å². The van der Waals surface area contributed by atoms with Crippen LogP contribution in [0.5, 0.6) is 0 Å². The van der Waals surface area contributed by atoms with Gasteiger partial charge < -0.3 is 15.1 Å². The highest BCUT2D eigenvalue weighted by Gasteiger charge is 2.18. The van der Waals surface area contributed by atoms with Crippen molar-refractivity contribution in [3.05, 3.63) is 54.1 Å². The Morgan fingerprint density at radius 1 is 1.12 bits per heavy atom. The first-order valence-corrected chi connectivity index (χ1v) is 9.42. The summed E-state index contributed by atoms with van der Waals surface area (Å²) in [6.45, 7) is 3.75. The normalized spacial score (nSPS) is 15.1. The lowest BCUT2D eigenvalue weighted by molar-refractivity contribution is -0.113. The van der Waals surface area contributed by atoms with Gasteiger partial charge in [0.25, 0.3) is 0 Å². The molecular weight excluding hydrogens is 356 g/mol. The van der Waals surface area contributed by atoms with Crippen LogP contribution in [-0.2, 0) is 4.79 Å². The zero-order valence-electron chi connectivity index (χ0n) is 14.5. The third kappa shape index (κ3) is 4.74. The van der Waals surface area contributed by atoms with Crippen LogP contribution >= 0.6 is 11.8 Å². The quantitative estimate of drug-likeness (QED) is 0.810. The molecule has 1 N–H and O–H groups in total. The highest BCUT2D eigenvalue weighted by molar-refractivity contribution is 8.00. The van der Waals surface area contributed by atoms with E-state index in [0.717, 1.165) is 55.4 Å². The van der Waals surface area contributed by atoms with Gasteiger partial charge in [0.15, 0.2) is 0 Å². The minimum Gasteiger partial charge on any atom is -0.367 e. The van der Waals surface area contributed by atoms with E-state index in [0.29, 0.717) is 0 Å². The van der Waals surface area contributed by atoms with Gasteiger partial charge in [-0.15, -0.1) is 11.8 Å². The second-order valence-electron chi connectivity index (χ2n) is 6.22. The second kappa shape index (κ2) is 8.51. The van der Waals surface area contributed by atoms with E-state index in [1.165, 1.54) is 12.1 Å². The molecule has 0 aromatic heterocycles. The number of likely N-dealkylation sites (N-methyl/N-ethyl adjacent to an activating group) is 1. The number of rotatable bonds is 5. The van der Waals surface area contributed by atoms with E-state index in [1.807, 2.05) is 24.3 Å². The van der Waals surface area contributed by atoms with Crippen LogP contribution in [0.1, 0.15) is 0 Å². The summed E-state index contributed by atoms with van der Waals surface area (Å²) in [6, 6.07) is 11.0. The second-order valence-corrected chi connectivity index (χ2v) is 7.24. The van der Waals surface area contributed by atoms with Crippen molar-refractivity contribution in [3.8, 4) is 0 Å². The fourth-order valence-electron chi connectivity index (χ4n) is 2.82. The molecule has 2 aromatic carbocycles. The molecule has 26 heavy (non-hydrogen) atoms. The van der Waals surface area contributed by atoms with Crippen molar-refractivity contribution >= 4 is 29.0 Å². The molecule has 0 atom stereocenters. The van der Waals surface area contributed by atoms with Crippen molar-refractivity contribution in [2.24, 2.45) is 0 Å². The van der Waals surface area contributed by atoms with Gasteiger partial charge in [0.1, 0.15) is 11.6 Å². The van der Waals surface area contributed by atoms with Gasteiger partial charge in [-0.3, -0.25) is 4.79 Å². The molecule has 0 unspecified atom stereocenters. The summed E-state index contributed by atoms with van der Waals surface area (Å²) in [5.41, 5.74) is 1.74. The third-order valence-corrected chi connectivity index (χ3v) is 5.32. The first kappa shape index (κ1) is 18.7. The van der Waals surface area contributed by atoms with Crippen molar-refractivity contribution < 1.29 is 13.6 Å². The minimum atomic E-state index is -0.652. The summed E-state index contributed by atoms with van der Waals surface area (Å²) < 4.78 is 26.6. The SMILES string of the molecule is CN1CCN(c2ccccc2NC(=O)CSc2ccc(F)cc2F)CC1. The molecule has 2 aromatic rings. The number of hydrogen-bond donors (Lipinski definition) is 1. The predicted octanol–water partition coefficient (Wildman–Crippen LogP) is 3.45. The van der Waals surface area contributed by atoms with Crippen molar-refractivity contribution in [1.29, 1.82) is 0 Å². The van der Waals surface area contributed by atoms with Crippen LogP contribution in [0.15, 0.2) is 47.4 Å². The standard InChI is InChI=1S/C19H21F2N3OS/c1-23-8-10-24(11-9-23)17-5-3-2-4-16(17)22-19(25)13-26-18-7-6-14(20)12-15(18)21/h2-7,12H,8-11,13H2,1H3,(H,22,25). The van der Waals surface area contributed by atoms with Gasteiger partial charge in [-0.25, -0.2) is 8.78 Å². The van der Waals surface area contributed by atoms with Gasteiger partial charge in [0, 0.05) is 37.1 Å². The van der Waals surface area contributed by atoms with E-state index in [2.05, 4.69) is 22.2 Å². The van der Waals surface area contributed by atoms with Gasteiger partial charge in [-0.05, 0) is 31.3 Å². The molecule has 0 saturated carbocycles. The Morgan fingerprint density at radius 2 is 1.85 bits per heavy atom. The molecule has 0 aliphatic carbocycles. The van der Waals surface area contributed by atoms with Gasteiger partial charge in [-0.1, -0.05) is 12.1 Å². The number of amides is 1. The molecule has 1 amide bonds. The van der Waals surface area contributed by atoms with Crippen LogP contribution in [0.4, 0.5) is 20.2 Å². The number of carbonyl (C=O) groups excluding carboxylic acids is 1. The maximum atomic E-state index is 13.7. The number of anilines is 2. The molecule has 0 radical (unpaired) electrons. The van der Waals surface area contributed by atoms with Crippen LogP contribution < -0.4 is 10.2 Å². The summed E-state index contributed by atoms with van der Waals surface area (Å²) in [6.07, 6.45) is 0. The predicted molar refractivity (Wildman–Crippen MR) is 102 cm³/mol. The molecule has 7 heteroatoms. The molecule has 3 rings (SSSR count). The first-order chi connectivity index (χ1) is 12.5. The number of thioether (sulfide) groups is 1. The fourth-order valence-corrected chi connectivity index (χ4v) is 3.54. The van der Waals surface area contributed by atoms with Gasteiger partial charge in [-0.2, -0.15) is 0 Å². The van der Waals surface area contributed by atoms with E-state index in [9.17, 15) is 13.6 Å². The molecule has 0 bridgehead atoms. The van der Waals surface area contributed by atoms with E-state index in [1.54, 1.807) is 0 Å². The average Bonchev–Trinajstić information content (AvgIpc) is 2.62. The molecule has 1 heterocycles. The van der Waals surface area contributed by atoms with E-state index in [-0.39, 0.29) is 16.6 Å². The molecule has 1 fully saturated rings. The summed E-state index contributed by atoms with van der Waals surface area (Å²) in [5, 5.41) is 2.91. The first-order valence-electron chi connectivity index (χ1n) is 8.43. The van der Waals surface area contributed by atoms with Crippen molar-refractivity contribution in [2.75, 3.05) is 49.2 Å². The van der Waals surface area contributed by atoms with E-state index in [4.69, 9.17) is 0 Å². The molecule has 4 nitrogen and oxygen atoms in total. The highest BCUT2D eigenvalue weighted by atomic mass is 32.2. The number of hydrogen-bond acceptors (Lipinski definition) is 4. The lowest BCUT2D eigenvalue weighted by Gasteiger charge is -2.35. The van der Waals surface area contributed by atoms with E-state index >= 15 is 0 Å².